The van der Waals surface area contributed by atoms with Gasteiger partial charge in [0, 0.05) is 12.1 Å². The minimum Gasteiger partial charge on any atom is -0.506 e. The van der Waals surface area contributed by atoms with Crippen molar-refractivity contribution < 1.29 is 19.7 Å². The van der Waals surface area contributed by atoms with Gasteiger partial charge in [-0.3, -0.25) is 4.79 Å². The number of rotatable bonds is 3. The van der Waals surface area contributed by atoms with E-state index in [0.29, 0.717) is 24.4 Å². The van der Waals surface area contributed by atoms with Gasteiger partial charge in [0.2, 0.25) is 0 Å². The Bertz CT molecular complexity index is 821. The van der Waals surface area contributed by atoms with E-state index in [4.69, 9.17) is 16.3 Å². The Morgan fingerprint density at radius 3 is 2.84 bits per heavy atom. The van der Waals surface area contributed by atoms with Gasteiger partial charge in [-0.15, -0.1) is 0 Å². The third-order valence-electron chi connectivity index (χ3n) is 4.45. The predicted octanol–water partition coefficient (Wildman–Crippen LogP) is 4.30. The number of anilines is 1. The molecule has 0 aromatic heterocycles. The number of benzene rings is 2. The number of phenols is 2. The molecule has 2 aromatic rings. The van der Waals surface area contributed by atoms with Crippen LogP contribution in [0.4, 0.5) is 5.69 Å². The highest BCUT2D eigenvalue weighted by Gasteiger charge is 2.30. The molecule has 1 aliphatic rings. The molecular weight excluding hydrogens is 342 g/mol. The van der Waals surface area contributed by atoms with Crippen LogP contribution in [0.5, 0.6) is 17.2 Å². The molecule has 0 radical (unpaired) electrons. The quantitative estimate of drug-likeness (QED) is 0.854. The molecule has 1 aliphatic heterocycles. The standard InChI is InChI=1S/C19H20ClNO4/c1-3-25-16-10-12(9-14(20)18(16)23)19(24)21-8-7-11(2)13-5-4-6-15(22)17(13)21/h4-6,9-11,22-23H,3,7-8H2,1-2H3. The average molecular weight is 362 g/mol. The number of hydrogen-bond acceptors (Lipinski definition) is 4. The minimum atomic E-state index is -0.294. The van der Waals surface area contributed by atoms with Gasteiger partial charge in [0.25, 0.3) is 5.91 Å². The lowest BCUT2D eigenvalue weighted by atomic mass is 9.90. The summed E-state index contributed by atoms with van der Waals surface area (Å²) in [6.45, 7) is 4.69. The fourth-order valence-corrected chi connectivity index (χ4v) is 3.36. The molecule has 1 heterocycles. The Hall–Kier alpha value is -2.40. The summed E-state index contributed by atoms with van der Waals surface area (Å²) in [6, 6.07) is 8.18. The number of hydrogen-bond donors (Lipinski definition) is 2. The number of halogens is 1. The molecule has 3 rings (SSSR count). The zero-order valence-electron chi connectivity index (χ0n) is 14.1. The van der Waals surface area contributed by atoms with E-state index in [1.807, 2.05) is 6.07 Å². The van der Waals surface area contributed by atoms with Gasteiger partial charge in [0.05, 0.1) is 17.3 Å². The molecule has 132 valence electrons. The normalized spacial score (nSPS) is 16.4. The van der Waals surface area contributed by atoms with E-state index in [9.17, 15) is 15.0 Å². The number of aromatic hydroxyl groups is 2. The lowest BCUT2D eigenvalue weighted by molar-refractivity contribution is 0.0983. The molecule has 2 N–H and O–H groups in total. The van der Waals surface area contributed by atoms with E-state index in [1.165, 1.54) is 12.1 Å². The maximum atomic E-state index is 13.1. The summed E-state index contributed by atoms with van der Waals surface area (Å²) in [6.07, 6.45) is 0.798. The van der Waals surface area contributed by atoms with Crippen molar-refractivity contribution >= 4 is 23.2 Å². The summed E-state index contributed by atoms with van der Waals surface area (Å²) in [7, 11) is 0. The van der Waals surface area contributed by atoms with Gasteiger partial charge >= 0.3 is 0 Å². The summed E-state index contributed by atoms with van der Waals surface area (Å²) in [5.74, 6) is 0.0233. The molecule has 0 aliphatic carbocycles. The molecular formula is C19H20ClNO4. The first-order valence-electron chi connectivity index (χ1n) is 8.23. The van der Waals surface area contributed by atoms with Crippen molar-refractivity contribution in [3.63, 3.8) is 0 Å². The molecule has 0 saturated heterocycles. The van der Waals surface area contributed by atoms with Crippen LogP contribution in [0.2, 0.25) is 5.02 Å². The van der Waals surface area contributed by atoms with Crippen LogP contribution in [0, 0.1) is 0 Å². The Balaban J connectivity index is 2.04. The Morgan fingerprint density at radius 2 is 2.12 bits per heavy atom. The van der Waals surface area contributed by atoms with Crippen LogP contribution in [0.3, 0.4) is 0 Å². The average Bonchev–Trinajstić information content (AvgIpc) is 2.59. The SMILES string of the molecule is CCOc1cc(C(=O)N2CCC(C)c3cccc(O)c32)cc(Cl)c1O. The van der Waals surface area contributed by atoms with Crippen LogP contribution in [0.25, 0.3) is 0 Å². The number of fused-ring (bicyclic) bond motifs is 1. The highest BCUT2D eigenvalue weighted by Crippen LogP contribution is 2.42. The summed E-state index contributed by atoms with van der Waals surface area (Å²) < 4.78 is 5.35. The summed E-state index contributed by atoms with van der Waals surface area (Å²) in [5.41, 5.74) is 1.78. The monoisotopic (exact) mass is 361 g/mol. The first-order valence-corrected chi connectivity index (χ1v) is 8.60. The van der Waals surface area contributed by atoms with E-state index in [2.05, 4.69) is 6.92 Å². The number of amides is 1. The largest absolute Gasteiger partial charge is 0.506 e. The van der Waals surface area contributed by atoms with Crippen molar-refractivity contribution in [2.24, 2.45) is 0 Å². The van der Waals surface area contributed by atoms with Crippen molar-refractivity contribution in [1.82, 2.24) is 0 Å². The molecule has 2 aromatic carbocycles. The van der Waals surface area contributed by atoms with Gasteiger partial charge in [0.15, 0.2) is 11.5 Å². The van der Waals surface area contributed by atoms with Crippen LogP contribution < -0.4 is 9.64 Å². The number of ether oxygens (including phenoxy) is 1. The first kappa shape index (κ1) is 17.4. The second kappa shape index (κ2) is 6.84. The maximum Gasteiger partial charge on any atom is 0.258 e. The second-order valence-corrected chi connectivity index (χ2v) is 6.51. The number of phenolic OH excluding ortho intramolecular Hbond substituents is 2. The van der Waals surface area contributed by atoms with Gasteiger partial charge in [-0.2, -0.15) is 0 Å². The molecule has 6 heteroatoms. The summed E-state index contributed by atoms with van der Waals surface area (Å²) >= 11 is 6.04. The zero-order chi connectivity index (χ0) is 18.1. The molecule has 1 atom stereocenters. The first-order chi connectivity index (χ1) is 11.9. The van der Waals surface area contributed by atoms with Crippen LogP contribution in [0.1, 0.15) is 42.1 Å². The van der Waals surface area contributed by atoms with E-state index in [1.54, 1.807) is 24.0 Å². The molecule has 25 heavy (non-hydrogen) atoms. The Kier molecular flexibility index (Phi) is 4.77. The molecule has 0 fully saturated rings. The highest BCUT2D eigenvalue weighted by atomic mass is 35.5. The van der Waals surface area contributed by atoms with Crippen LogP contribution >= 0.6 is 11.6 Å². The zero-order valence-corrected chi connectivity index (χ0v) is 14.9. The number of nitrogens with zero attached hydrogens (tertiary/aromatic N) is 1. The van der Waals surface area contributed by atoms with Gasteiger partial charge in [-0.05, 0) is 43.0 Å². The Labute approximate surface area is 151 Å². The van der Waals surface area contributed by atoms with Crippen molar-refractivity contribution in [1.29, 1.82) is 0 Å². The fourth-order valence-electron chi connectivity index (χ4n) is 3.15. The van der Waals surface area contributed by atoms with E-state index >= 15 is 0 Å². The number of para-hydroxylation sites is 1. The minimum absolute atomic E-state index is 0.0529. The smallest absolute Gasteiger partial charge is 0.258 e. The van der Waals surface area contributed by atoms with Crippen molar-refractivity contribution in [3.05, 3.63) is 46.5 Å². The number of carbonyl (C=O) groups excluding carboxylic acids is 1. The van der Waals surface area contributed by atoms with E-state index in [-0.39, 0.29) is 34.1 Å². The van der Waals surface area contributed by atoms with E-state index in [0.717, 1.165) is 12.0 Å². The number of carbonyl (C=O) groups is 1. The van der Waals surface area contributed by atoms with Gasteiger partial charge in [-0.1, -0.05) is 30.7 Å². The fraction of sp³-hybridized carbons (Fsp3) is 0.316. The lowest BCUT2D eigenvalue weighted by Crippen LogP contribution is -2.36. The third kappa shape index (κ3) is 3.12. The van der Waals surface area contributed by atoms with Crippen LogP contribution in [-0.4, -0.2) is 29.3 Å². The van der Waals surface area contributed by atoms with Crippen LogP contribution in [-0.2, 0) is 0 Å². The van der Waals surface area contributed by atoms with E-state index < -0.39 is 0 Å². The van der Waals surface area contributed by atoms with Gasteiger partial charge in [0.1, 0.15) is 5.75 Å². The molecule has 0 bridgehead atoms. The maximum absolute atomic E-state index is 13.1. The topological polar surface area (TPSA) is 70.0 Å². The second-order valence-electron chi connectivity index (χ2n) is 6.10. The molecule has 1 amide bonds. The molecule has 0 saturated carbocycles. The predicted molar refractivity (Wildman–Crippen MR) is 97.1 cm³/mol. The van der Waals surface area contributed by atoms with Gasteiger partial charge in [-0.25, -0.2) is 0 Å². The lowest BCUT2D eigenvalue weighted by Gasteiger charge is -2.33. The highest BCUT2D eigenvalue weighted by molar-refractivity contribution is 6.32. The molecule has 1 unspecified atom stereocenters. The summed E-state index contributed by atoms with van der Waals surface area (Å²) in [5, 5.41) is 20.3. The third-order valence-corrected chi connectivity index (χ3v) is 4.74. The van der Waals surface area contributed by atoms with Crippen molar-refractivity contribution in [2.45, 2.75) is 26.2 Å². The summed E-state index contributed by atoms with van der Waals surface area (Å²) in [4.78, 5) is 14.6. The van der Waals surface area contributed by atoms with Crippen LogP contribution in [0.15, 0.2) is 30.3 Å². The molecule has 0 spiro atoms. The molecule has 5 nitrogen and oxygen atoms in total. The van der Waals surface area contributed by atoms with Crippen molar-refractivity contribution in [2.75, 3.05) is 18.1 Å². The van der Waals surface area contributed by atoms with Crippen molar-refractivity contribution in [3.8, 4) is 17.2 Å². The van der Waals surface area contributed by atoms with Gasteiger partial charge < -0.3 is 19.8 Å². The Morgan fingerprint density at radius 1 is 1.36 bits per heavy atom.